The Balaban J connectivity index is 2.08. The largest absolute Gasteiger partial charge is 0.287 e. The molecule has 0 fully saturated rings. The molecule has 0 atom stereocenters. The van der Waals surface area contributed by atoms with Gasteiger partial charge >= 0.3 is 0 Å². The average Bonchev–Trinajstić information content (AvgIpc) is 3.13. The van der Waals surface area contributed by atoms with Crippen LogP contribution in [0.1, 0.15) is 17.5 Å². The van der Waals surface area contributed by atoms with Crippen LogP contribution in [0.25, 0.3) is 27.5 Å². The van der Waals surface area contributed by atoms with E-state index in [-0.39, 0.29) is 0 Å². The van der Waals surface area contributed by atoms with E-state index in [0.29, 0.717) is 0 Å². The summed E-state index contributed by atoms with van der Waals surface area (Å²) in [5.74, 6) is 0. The Hall–Kier alpha value is -2.39. The zero-order valence-corrected chi connectivity index (χ0v) is 14.1. The second-order valence-electron chi connectivity index (χ2n) is 5.62. The molecule has 2 nitrogen and oxygen atoms in total. The molecule has 0 amide bonds. The summed E-state index contributed by atoms with van der Waals surface area (Å²) in [5.41, 5.74) is 5.94. The predicted molar refractivity (Wildman–Crippen MR) is 98.1 cm³/mol. The van der Waals surface area contributed by atoms with Gasteiger partial charge in [0.15, 0.2) is 4.96 Å². The van der Waals surface area contributed by atoms with Crippen molar-refractivity contribution in [2.24, 2.45) is 0 Å². The summed E-state index contributed by atoms with van der Waals surface area (Å²) in [5, 5.41) is 0. The average molecular weight is 318 g/mol. The lowest BCUT2D eigenvalue weighted by Gasteiger charge is -2.07. The van der Waals surface area contributed by atoms with Gasteiger partial charge in [0, 0.05) is 21.7 Å². The van der Waals surface area contributed by atoms with E-state index in [2.05, 4.69) is 72.8 Å². The molecule has 0 aliphatic carbocycles. The third-order valence-corrected chi connectivity index (χ3v) is 5.50. The normalized spacial score (nSPS) is 11.2. The second-order valence-corrected chi connectivity index (χ2v) is 6.69. The van der Waals surface area contributed by atoms with Crippen LogP contribution in [0.5, 0.6) is 0 Å². The highest BCUT2D eigenvalue weighted by molar-refractivity contribution is 7.17. The van der Waals surface area contributed by atoms with Crippen LogP contribution in [0.3, 0.4) is 0 Å². The summed E-state index contributed by atoms with van der Waals surface area (Å²) >= 11 is 1.80. The van der Waals surface area contributed by atoms with Gasteiger partial charge in [-0.2, -0.15) is 0 Å². The number of rotatable bonds is 3. The number of thiazole rings is 1. The van der Waals surface area contributed by atoms with Crippen LogP contribution in [0.4, 0.5) is 0 Å². The molecule has 3 heteroatoms. The molecule has 2 aromatic carbocycles. The molecule has 2 heterocycles. The summed E-state index contributed by atoms with van der Waals surface area (Å²) < 4.78 is 2.32. The highest BCUT2D eigenvalue weighted by Gasteiger charge is 2.20. The molecule has 0 aliphatic heterocycles. The Morgan fingerprint density at radius 1 is 0.913 bits per heavy atom. The summed E-state index contributed by atoms with van der Waals surface area (Å²) in [7, 11) is 0. The SMILES string of the molecule is CCc1sc2nc(-c3ccccc3)c(-c3ccccc3)n2c1C. The monoisotopic (exact) mass is 318 g/mol. The Kier molecular flexibility index (Phi) is 3.50. The van der Waals surface area contributed by atoms with Crippen molar-refractivity contribution in [2.75, 3.05) is 0 Å². The van der Waals surface area contributed by atoms with Crippen LogP contribution in [0, 0.1) is 6.92 Å². The summed E-state index contributed by atoms with van der Waals surface area (Å²) in [6, 6.07) is 21.0. The molecule has 114 valence electrons. The van der Waals surface area contributed by atoms with Gasteiger partial charge in [-0.25, -0.2) is 4.98 Å². The molecule has 4 rings (SSSR count). The third-order valence-electron chi connectivity index (χ3n) is 4.22. The first-order valence-corrected chi connectivity index (χ1v) is 8.72. The van der Waals surface area contributed by atoms with Gasteiger partial charge in [-0.05, 0) is 13.3 Å². The highest BCUT2D eigenvalue weighted by Crippen LogP contribution is 2.37. The van der Waals surface area contributed by atoms with E-state index in [0.717, 1.165) is 17.1 Å². The maximum absolute atomic E-state index is 4.97. The van der Waals surface area contributed by atoms with E-state index in [1.165, 1.54) is 27.4 Å². The van der Waals surface area contributed by atoms with E-state index in [1.54, 1.807) is 11.3 Å². The Bertz CT molecular complexity index is 950. The molecule has 4 aromatic rings. The topological polar surface area (TPSA) is 17.3 Å². The molecule has 0 saturated carbocycles. The van der Waals surface area contributed by atoms with E-state index in [1.807, 2.05) is 6.07 Å². The molecule has 0 spiro atoms. The van der Waals surface area contributed by atoms with Crippen molar-refractivity contribution in [1.29, 1.82) is 0 Å². The summed E-state index contributed by atoms with van der Waals surface area (Å²) in [6.07, 6.45) is 1.05. The van der Waals surface area contributed by atoms with Crippen LogP contribution >= 0.6 is 11.3 Å². The number of imidazole rings is 1. The standard InChI is InChI=1S/C20H18N2S/c1-3-17-14(2)22-19(16-12-8-5-9-13-16)18(21-20(22)23-17)15-10-6-4-7-11-15/h4-13H,3H2,1-2H3. The number of hydrogen-bond acceptors (Lipinski definition) is 2. The first kappa shape index (κ1) is 14.2. The number of aryl methyl sites for hydroxylation is 2. The van der Waals surface area contributed by atoms with Gasteiger partial charge < -0.3 is 0 Å². The summed E-state index contributed by atoms with van der Waals surface area (Å²) in [4.78, 5) is 7.46. The molecular weight excluding hydrogens is 300 g/mol. The van der Waals surface area contributed by atoms with Gasteiger partial charge in [0.25, 0.3) is 0 Å². The van der Waals surface area contributed by atoms with Crippen LogP contribution in [-0.2, 0) is 6.42 Å². The molecule has 0 N–H and O–H groups in total. The molecule has 0 unspecified atom stereocenters. The van der Waals surface area contributed by atoms with Crippen molar-refractivity contribution in [2.45, 2.75) is 20.3 Å². The van der Waals surface area contributed by atoms with Crippen molar-refractivity contribution in [3.8, 4) is 22.5 Å². The second kappa shape index (κ2) is 5.67. The summed E-state index contributed by atoms with van der Waals surface area (Å²) in [6.45, 7) is 4.41. The van der Waals surface area contributed by atoms with Crippen LogP contribution in [0.15, 0.2) is 60.7 Å². The minimum atomic E-state index is 1.05. The molecule has 23 heavy (non-hydrogen) atoms. The van der Waals surface area contributed by atoms with E-state index in [4.69, 9.17) is 4.98 Å². The van der Waals surface area contributed by atoms with Crippen LogP contribution in [-0.4, -0.2) is 9.38 Å². The van der Waals surface area contributed by atoms with Crippen molar-refractivity contribution < 1.29 is 0 Å². The Morgan fingerprint density at radius 2 is 1.52 bits per heavy atom. The van der Waals surface area contributed by atoms with Gasteiger partial charge in [-0.1, -0.05) is 67.6 Å². The molecule has 0 radical (unpaired) electrons. The lowest BCUT2D eigenvalue weighted by atomic mass is 10.0. The van der Waals surface area contributed by atoms with Crippen molar-refractivity contribution >= 4 is 16.3 Å². The number of benzene rings is 2. The molecule has 0 saturated heterocycles. The molecular formula is C20H18N2S. The fraction of sp³-hybridized carbons (Fsp3) is 0.150. The zero-order chi connectivity index (χ0) is 15.8. The molecule has 0 aliphatic rings. The van der Waals surface area contributed by atoms with Gasteiger partial charge in [-0.3, -0.25) is 4.40 Å². The first-order valence-electron chi connectivity index (χ1n) is 7.91. The maximum atomic E-state index is 4.97. The van der Waals surface area contributed by atoms with E-state index < -0.39 is 0 Å². The smallest absolute Gasteiger partial charge is 0.195 e. The van der Waals surface area contributed by atoms with Crippen LogP contribution in [0.2, 0.25) is 0 Å². The van der Waals surface area contributed by atoms with Gasteiger partial charge in [-0.15, -0.1) is 11.3 Å². The number of aromatic nitrogens is 2. The third kappa shape index (κ3) is 2.28. The fourth-order valence-corrected chi connectivity index (χ4v) is 4.14. The number of nitrogens with zero attached hydrogens (tertiary/aromatic N) is 2. The molecule has 0 bridgehead atoms. The lowest BCUT2D eigenvalue weighted by molar-refractivity contribution is 1.06. The van der Waals surface area contributed by atoms with E-state index >= 15 is 0 Å². The Labute approximate surface area is 140 Å². The first-order chi connectivity index (χ1) is 11.3. The fourth-order valence-electron chi connectivity index (χ4n) is 3.08. The van der Waals surface area contributed by atoms with Crippen molar-refractivity contribution in [3.63, 3.8) is 0 Å². The number of hydrogen-bond donors (Lipinski definition) is 0. The lowest BCUT2D eigenvalue weighted by Crippen LogP contribution is -1.92. The van der Waals surface area contributed by atoms with Gasteiger partial charge in [0.1, 0.15) is 0 Å². The molecule has 2 aromatic heterocycles. The van der Waals surface area contributed by atoms with Gasteiger partial charge in [0.05, 0.1) is 11.4 Å². The maximum Gasteiger partial charge on any atom is 0.195 e. The van der Waals surface area contributed by atoms with Crippen molar-refractivity contribution in [3.05, 3.63) is 71.2 Å². The predicted octanol–water partition coefficient (Wildman–Crippen LogP) is 5.60. The van der Waals surface area contributed by atoms with Crippen LogP contribution < -0.4 is 0 Å². The van der Waals surface area contributed by atoms with Crippen molar-refractivity contribution in [1.82, 2.24) is 9.38 Å². The quantitative estimate of drug-likeness (QED) is 0.480. The van der Waals surface area contributed by atoms with E-state index in [9.17, 15) is 0 Å². The Morgan fingerprint density at radius 3 is 2.13 bits per heavy atom. The minimum absolute atomic E-state index is 1.05. The van der Waals surface area contributed by atoms with Gasteiger partial charge in [0.2, 0.25) is 0 Å². The highest BCUT2D eigenvalue weighted by atomic mass is 32.1. The number of fused-ring (bicyclic) bond motifs is 1. The zero-order valence-electron chi connectivity index (χ0n) is 13.3. The minimum Gasteiger partial charge on any atom is -0.287 e.